The number of aliphatic hydroxyl groups is 1. The van der Waals surface area contributed by atoms with E-state index in [1.807, 2.05) is 6.92 Å². The Morgan fingerprint density at radius 2 is 2.33 bits per heavy atom. The zero-order valence-corrected chi connectivity index (χ0v) is 10.7. The molecule has 5 heteroatoms. The van der Waals surface area contributed by atoms with Crippen LogP contribution in [0.3, 0.4) is 0 Å². The van der Waals surface area contributed by atoms with Gasteiger partial charge in [0, 0.05) is 18.7 Å². The van der Waals surface area contributed by atoms with Gasteiger partial charge in [0.15, 0.2) is 0 Å². The van der Waals surface area contributed by atoms with Crippen LogP contribution in [0.5, 0.6) is 0 Å². The van der Waals surface area contributed by atoms with E-state index in [4.69, 9.17) is 9.52 Å². The fraction of sp³-hybridized carbons (Fsp3) is 0.615. The minimum atomic E-state index is -1.03. The zero-order valence-electron chi connectivity index (χ0n) is 10.7. The van der Waals surface area contributed by atoms with E-state index in [0.29, 0.717) is 17.9 Å². The molecule has 2 N–H and O–H groups in total. The van der Waals surface area contributed by atoms with Crippen LogP contribution in [0, 0.1) is 12.8 Å². The van der Waals surface area contributed by atoms with E-state index < -0.39 is 5.97 Å². The van der Waals surface area contributed by atoms with Crippen molar-refractivity contribution in [2.24, 2.45) is 5.92 Å². The van der Waals surface area contributed by atoms with Crippen LogP contribution >= 0.6 is 0 Å². The van der Waals surface area contributed by atoms with Crippen LogP contribution in [-0.4, -0.2) is 40.3 Å². The van der Waals surface area contributed by atoms with Crippen LogP contribution in [0.15, 0.2) is 10.5 Å². The van der Waals surface area contributed by atoms with Gasteiger partial charge in [0.1, 0.15) is 5.76 Å². The van der Waals surface area contributed by atoms with E-state index in [1.54, 1.807) is 13.0 Å². The molecular weight excluding hydrogens is 234 g/mol. The molecule has 2 unspecified atom stereocenters. The number of likely N-dealkylation sites (tertiary alicyclic amines) is 1. The van der Waals surface area contributed by atoms with Gasteiger partial charge in [0.05, 0.1) is 12.6 Å². The molecule has 1 fully saturated rings. The number of carboxylic acids is 1. The quantitative estimate of drug-likeness (QED) is 0.853. The number of aryl methyl sites for hydroxylation is 1. The topological polar surface area (TPSA) is 73.9 Å². The molecule has 1 aliphatic heterocycles. The number of hydrogen-bond acceptors (Lipinski definition) is 4. The second kappa shape index (κ2) is 5.12. The lowest BCUT2D eigenvalue weighted by Crippen LogP contribution is -2.41. The van der Waals surface area contributed by atoms with Crippen LogP contribution in [-0.2, 0) is 6.54 Å². The van der Waals surface area contributed by atoms with Gasteiger partial charge in [-0.15, -0.1) is 0 Å². The monoisotopic (exact) mass is 253 g/mol. The van der Waals surface area contributed by atoms with Crippen LogP contribution in [0.2, 0.25) is 0 Å². The summed E-state index contributed by atoms with van der Waals surface area (Å²) in [5.74, 6) is -0.0847. The van der Waals surface area contributed by atoms with Crippen molar-refractivity contribution in [3.8, 4) is 0 Å². The van der Waals surface area contributed by atoms with Crippen LogP contribution in [0.25, 0.3) is 0 Å². The zero-order chi connectivity index (χ0) is 13.3. The third-order valence-electron chi connectivity index (χ3n) is 3.49. The molecule has 18 heavy (non-hydrogen) atoms. The summed E-state index contributed by atoms with van der Waals surface area (Å²) in [4.78, 5) is 13.1. The first-order valence-electron chi connectivity index (χ1n) is 6.20. The Bertz CT molecular complexity index is 440. The number of furan rings is 1. The molecule has 2 heterocycles. The highest BCUT2D eigenvalue weighted by atomic mass is 16.4. The van der Waals surface area contributed by atoms with E-state index in [2.05, 4.69) is 4.90 Å². The highest BCUT2D eigenvalue weighted by Crippen LogP contribution is 2.21. The highest BCUT2D eigenvalue weighted by molar-refractivity contribution is 5.86. The average Bonchev–Trinajstić information content (AvgIpc) is 2.65. The minimum absolute atomic E-state index is 0.0232. The van der Waals surface area contributed by atoms with Gasteiger partial charge in [-0.3, -0.25) is 4.90 Å². The first-order chi connectivity index (χ1) is 8.47. The molecule has 0 aliphatic carbocycles. The molecule has 0 spiro atoms. The second-order valence-electron chi connectivity index (χ2n) is 5.10. The van der Waals surface area contributed by atoms with E-state index in [0.717, 1.165) is 19.5 Å². The van der Waals surface area contributed by atoms with E-state index in [1.165, 1.54) is 0 Å². The fourth-order valence-corrected chi connectivity index (χ4v) is 2.42. The third-order valence-corrected chi connectivity index (χ3v) is 3.49. The summed E-state index contributed by atoms with van der Waals surface area (Å²) in [6, 6.07) is 1.78. The predicted molar refractivity (Wildman–Crippen MR) is 65.5 cm³/mol. The van der Waals surface area contributed by atoms with Crippen molar-refractivity contribution in [2.75, 3.05) is 13.1 Å². The Morgan fingerprint density at radius 3 is 2.89 bits per heavy atom. The number of carbonyl (C=O) groups is 1. The standard InChI is InChI=1S/C13H19NO4/c1-8-5-10(18-12(8)13(16)17)7-14-4-3-11(15)9(2)6-14/h5,9,11,15H,3-4,6-7H2,1-2H3,(H,16,17). The van der Waals surface area contributed by atoms with E-state index in [9.17, 15) is 9.90 Å². The first kappa shape index (κ1) is 13.1. The maximum absolute atomic E-state index is 10.9. The van der Waals surface area contributed by atoms with Crippen molar-refractivity contribution < 1.29 is 19.4 Å². The van der Waals surface area contributed by atoms with Gasteiger partial charge in [-0.05, 0) is 25.3 Å². The number of carboxylic acid groups (broad SMARTS) is 1. The van der Waals surface area contributed by atoms with Crippen molar-refractivity contribution in [1.29, 1.82) is 0 Å². The summed E-state index contributed by atoms with van der Waals surface area (Å²) in [5.41, 5.74) is 0.655. The molecule has 2 rings (SSSR count). The van der Waals surface area contributed by atoms with Gasteiger partial charge in [-0.2, -0.15) is 0 Å². The molecule has 1 aliphatic rings. The molecule has 1 saturated heterocycles. The molecule has 1 aromatic rings. The number of hydrogen-bond donors (Lipinski definition) is 2. The van der Waals surface area contributed by atoms with Gasteiger partial charge in [0.25, 0.3) is 0 Å². The summed E-state index contributed by atoms with van der Waals surface area (Å²) in [5, 5.41) is 18.6. The van der Waals surface area contributed by atoms with Crippen molar-refractivity contribution in [2.45, 2.75) is 32.9 Å². The number of aromatic carboxylic acids is 1. The number of piperidine rings is 1. The van der Waals surface area contributed by atoms with E-state index >= 15 is 0 Å². The molecular formula is C13H19NO4. The Morgan fingerprint density at radius 1 is 1.61 bits per heavy atom. The molecule has 0 aromatic carbocycles. The lowest BCUT2D eigenvalue weighted by Gasteiger charge is -2.33. The molecule has 0 saturated carbocycles. The van der Waals surface area contributed by atoms with Crippen molar-refractivity contribution in [3.63, 3.8) is 0 Å². The van der Waals surface area contributed by atoms with Crippen molar-refractivity contribution >= 4 is 5.97 Å². The van der Waals surface area contributed by atoms with Gasteiger partial charge in [-0.1, -0.05) is 6.92 Å². The smallest absolute Gasteiger partial charge is 0.372 e. The Hall–Kier alpha value is -1.33. The maximum Gasteiger partial charge on any atom is 0.372 e. The second-order valence-corrected chi connectivity index (χ2v) is 5.10. The molecule has 0 amide bonds. The predicted octanol–water partition coefficient (Wildman–Crippen LogP) is 1.49. The normalized spacial score (nSPS) is 25.3. The summed E-state index contributed by atoms with van der Waals surface area (Å²) in [6.07, 6.45) is 0.529. The first-order valence-corrected chi connectivity index (χ1v) is 6.20. The minimum Gasteiger partial charge on any atom is -0.475 e. The number of nitrogens with zero attached hydrogens (tertiary/aromatic N) is 1. The average molecular weight is 253 g/mol. The van der Waals surface area contributed by atoms with Crippen molar-refractivity contribution in [3.05, 3.63) is 23.2 Å². The summed E-state index contributed by atoms with van der Waals surface area (Å²) in [6.45, 7) is 5.98. The fourth-order valence-electron chi connectivity index (χ4n) is 2.42. The van der Waals surface area contributed by atoms with Crippen molar-refractivity contribution in [1.82, 2.24) is 4.90 Å². The van der Waals surface area contributed by atoms with Gasteiger partial charge in [-0.25, -0.2) is 4.79 Å². The van der Waals surface area contributed by atoms with E-state index in [-0.39, 0.29) is 17.8 Å². The molecule has 5 nitrogen and oxygen atoms in total. The SMILES string of the molecule is Cc1cc(CN2CCC(O)C(C)C2)oc1C(=O)O. The summed E-state index contributed by atoms with van der Waals surface area (Å²) >= 11 is 0. The lowest BCUT2D eigenvalue weighted by molar-refractivity contribution is 0.0293. The number of rotatable bonds is 3. The maximum atomic E-state index is 10.9. The molecule has 1 aromatic heterocycles. The Kier molecular flexibility index (Phi) is 3.73. The lowest BCUT2D eigenvalue weighted by atomic mass is 9.97. The Balaban J connectivity index is 2.02. The number of aliphatic hydroxyl groups excluding tert-OH is 1. The molecule has 0 bridgehead atoms. The van der Waals surface area contributed by atoms with Gasteiger partial charge < -0.3 is 14.6 Å². The molecule has 2 atom stereocenters. The third kappa shape index (κ3) is 2.73. The molecule has 0 radical (unpaired) electrons. The molecule has 100 valence electrons. The Labute approximate surface area is 106 Å². The van der Waals surface area contributed by atoms with Crippen LogP contribution < -0.4 is 0 Å². The van der Waals surface area contributed by atoms with Gasteiger partial charge in [0.2, 0.25) is 5.76 Å². The van der Waals surface area contributed by atoms with Crippen LogP contribution in [0.1, 0.15) is 35.2 Å². The van der Waals surface area contributed by atoms with Crippen LogP contribution in [0.4, 0.5) is 0 Å². The summed E-state index contributed by atoms with van der Waals surface area (Å²) in [7, 11) is 0. The summed E-state index contributed by atoms with van der Waals surface area (Å²) < 4.78 is 5.34. The highest BCUT2D eigenvalue weighted by Gasteiger charge is 2.25. The van der Waals surface area contributed by atoms with Gasteiger partial charge >= 0.3 is 5.97 Å². The largest absolute Gasteiger partial charge is 0.475 e.